The molecule has 0 unspecified atom stereocenters. The first-order chi connectivity index (χ1) is 16.3. The third kappa shape index (κ3) is 6.23. The molecule has 180 valence electrons. The van der Waals surface area contributed by atoms with Crippen molar-refractivity contribution < 1.29 is 32.2 Å². The van der Waals surface area contributed by atoms with Gasteiger partial charge in [0.25, 0.3) is 0 Å². The fourth-order valence-corrected chi connectivity index (χ4v) is 5.92. The highest BCUT2D eigenvalue weighted by molar-refractivity contribution is 9.10. The number of esters is 2. The molecule has 3 aromatic rings. The minimum Gasteiger partial charge on any atom is -0.479 e. The number of ether oxygens (including phenoxy) is 3. The van der Waals surface area contributed by atoms with Gasteiger partial charge in [-0.2, -0.15) is 0 Å². The summed E-state index contributed by atoms with van der Waals surface area (Å²) in [7, 11) is -2.36. The minimum atomic E-state index is -3.62. The first kappa shape index (κ1) is 25.9. The molecule has 11 heteroatoms. The summed E-state index contributed by atoms with van der Waals surface area (Å²) < 4.78 is 43.2. The monoisotopic (exact) mass is 567 g/mol. The predicted molar refractivity (Wildman–Crippen MR) is 131 cm³/mol. The van der Waals surface area contributed by atoms with E-state index in [9.17, 15) is 18.0 Å². The van der Waals surface area contributed by atoms with Gasteiger partial charge in [0.1, 0.15) is 0 Å². The minimum absolute atomic E-state index is 0.116. The van der Waals surface area contributed by atoms with Gasteiger partial charge in [-0.25, -0.2) is 22.7 Å². The summed E-state index contributed by atoms with van der Waals surface area (Å²) in [6.07, 6.45) is 0. The molecule has 0 spiro atoms. The molecule has 3 rings (SSSR count). The Bertz CT molecular complexity index is 1260. The molecule has 0 bridgehead atoms. The lowest BCUT2D eigenvalue weighted by molar-refractivity contribution is -0.145. The van der Waals surface area contributed by atoms with E-state index in [1.54, 1.807) is 49.4 Å². The molecule has 0 aliphatic carbocycles. The lowest BCUT2D eigenvalue weighted by Gasteiger charge is -2.08. The molecular formula is C23H22BrNO7S2. The van der Waals surface area contributed by atoms with E-state index < -0.39 is 22.0 Å². The van der Waals surface area contributed by atoms with Crippen molar-refractivity contribution in [2.75, 3.05) is 20.3 Å². The summed E-state index contributed by atoms with van der Waals surface area (Å²) in [5.74, 6) is -0.956. The third-order valence-corrected chi connectivity index (χ3v) is 8.19. The number of halogens is 1. The van der Waals surface area contributed by atoms with E-state index in [2.05, 4.69) is 20.7 Å². The number of rotatable bonds is 10. The Balaban J connectivity index is 1.79. The van der Waals surface area contributed by atoms with Crippen LogP contribution in [0.5, 0.6) is 5.75 Å². The van der Waals surface area contributed by atoms with Crippen LogP contribution in [0.4, 0.5) is 0 Å². The van der Waals surface area contributed by atoms with Crippen LogP contribution in [0.3, 0.4) is 0 Å². The van der Waals surface area contributed by atoms with Crippen LogP contribution in [-0.4, -0.2) is 40.7 Å². The molecule has 0 fully saturated rings. The first-order valence-electron chi connectivity index (χ1n) is 10.1. The highest BCUT2D eigenvalue weighted by atomic mass is 79.9. The Morgan fingerprint density at radius 1 is 1.06 bits per heavy atom. The van der Waals surface area contributed by atoms with Crippen LogP contribution in [0.2, 0.25) is 0 Å². The van der Waals surface area contributed by atoms with Crippen LogP contribution in [0.15, 0.2) is 64.0 Å². The second kappa shape index (κ2) is 11.6. The molecule has 0 radical (unpaired) electrons. The van der Waals surface area contributed by atoms with E-state index in [1.807, 2.05) is 0 Å². The van der Waals surface area contributed by atoms with Crippen LogP contribution in [-0.2, 0) is 30.8 Å². The van der Waals surface area contributed by atoms with Gasteiger partial charge in [-0.1, -0.05) is 42.5 Å². The maximum Gasteiger partial charge on any atom is 0.351 e. The molecule has 8 nitrogen and oxygen atoms in total. The smallest absolute Gasteiger partial charge is 0.351 e. The molecule has 34 heavy (non-hydrogen) atoms. The number of carbonyl (C=O) groups is 2. The highest BCUT2D eigenvalue weighted by Gasteiger charge is 2.25. The van der Waals surface area contributed by atoms with Gasteiger partial charge in [0, 0.05) is 6.54 Å². The van der Waals surface area contributed by atoms with Crippen molar-refractivity contribution in [2.24, 2.45) is 0 Å². The Labute approximate surface area is 210 Å². The molecule has 1 aromatic heterocycles. The number of thiophene rings is 1. The molecule has 1 N–H and O–H groups in total. The zero-order chi connectivity index (χ0) is 24.7. The fourth-order valence-electron chi connectivity index (χ4n) is 2.91. The zero-order valence-electron chi connectivity index (χ0n) is 18.4. The van der Waals surface area contributed by atoms with E-state index in [1.165, 1.54) is 19.2 Å². The number of hydrogen-bond acceptors (Lipinski definition) is 8. The van der Waals surface area contributed by atoms with Gasteiger partial charge < -0.3 is 14.2 Å². The average Bonchev–Trinajstić information content (AvgIpc) is 3.18. The molecule has 0 amide bonds. The van der Waals surface area contributed by atoms with Crippen molar-refractivity contribution in [1.29, 1.82) is 0 Å². The van der Waals surface area contributed by atoms with Gasteiger partial charge in [0.2, 0.25) is 10.0 Å². The van der Waals surface area contributed by atoms with Crippen LogP contribution < -0.4 is 9.46 Å². The highest BCUT2D eigenvalue weighted by Crippen LogP contribution is 2.46. The second-order valence-corrected chi connectivity index (χ2v) is 10.4. The normalized spacial score (nSPS) is 11.1. The molecule has 0 saturated heterocycles. The van der Waals surface area contributed by atoms with E-state index in [0.29, 0.717) is 9.35 Å². The van der Waals surface area contributed by atoms with Crippen molar-refractivity contribution in [3.63, 3.8) is 0 Å². The average molecular weight is 568 g/mol. The molecule has 0 atom stereocenters. The fraction of sp³-hybridized carbons (Fsp3) is 0.217. The van der Waals surface area contributed by atoms with Crippen LogP contribution in [0.1, 0.15) is 22.2 Å². The summed E-state index contributed by atoms with van der Waals surface area (Å²) in [6, 6.07) is 15.3. The molecule has 0 aliphatic heterocycles. The van der Waals surface area contributed by atoms with Gasteiger partial charge in [0.15, 0.2) is 17.2 Å². The summed E-state index contributed by atoms with van der Waals surface area (Å²) >= 11 is 4.61. The zero-order valence-corrected chi connectivity index (χ0v) is 21.6. The van der Waals surface area contributed by atoms with Crippen molar-refractivity contribution in [3.8, 4) is 16.2 Å². The third-order valence-electron chi connectivity index (χ3n) is 4.56. The summed E-state index contributed by atoms with van der Waals surface area (Å²) in [6.45, 7) is 1.67. The van der Waals surface area contributed by atoms with Crippen molar-refractivity contribution >= 4 is 49.2 Å². The van der Waals surface area contributed by atoms with Gasteiger partial charge in [0.05, 0.1) is 28.0 Å². The SMILES string of the molecule is CCOC(=O)COc1c(C(=O)OC)sc(-c2ccc(CNS(=O)(=O)c3ccccc3)cc2)c1Br. The first-order valence-corrected chi connectivity index (χ1v) is 13.2. The van der Waals surface area contributed by atoms with E-state index in [-0.39, 0.29) is 35.3 Å². The Hall–Kier alpha value is -2.73. The largest absolute Gasteiger partial charge is 0.479 e. The van der Waals surface area contributed by atoms with E-state index in [0.717, 1.165) is 22.5 Å². The second-order valence-electron chi connectivity index (χ2n) is 6.82. The summed E-state index contributed by atoms with van der Waals surface area (Å²) in [5, 5.41) is 0. The Kier molecular flexibility index (Phi) is 8.84. The van der Waals surface area contributed by atoms with Crippen molar-refractivity contribution in [2.45, 2.75) is 18.4 Å². The van der Waals surface area contributed by atoms with Crippen molar-refractivity contribution in [1.82, 2.24) is 4.72 Å². The number of sulfonamides is 1. The van der Waals surface area contributed by atoms with E-state index in [4.69, 9.17) is 14.2 Å². The number of methoxy groups -OCH3 is 1. The standard InChI is InChI=1S/C23H22BrNO7S2/c1-3-31-18(26)14-32-20-19(24)21(33-22(20)23(27)30-2)16-11-9-15(10-12-16)13-25-34(28,29)17-7-5-4-6-8-17/h4-12,25H,3,13-14H2,1-2H3. The maximum absolute atomic E-state index is 12.4. The molecule has 1 heterocycles. The predicted octanol–water partition coefficient (Wildman–Crippen LogP) is 4.38. The van der Waals surface area contributed by atoms with Gasteiger partial charge in [-0.3, -0.25) is 0 Å². The van der Waals surface area contributed by atoms with Crippen molar-refractivity contribution in [3.05, 3.63) is 69.5 Å². The number of hydrogen-bond donors (Lipinski definition) is 1. The van der Waals surface area contributed by atoms with Gasteiger partial charge in [-0.05, 0) is 46.1 Å². The summed E-state index contributed by atoms with van der Waals surface area (Å²) in [5.41, 5.74) is 1.52. The maximum atomic E-state index is 12.4. The molecule has 0 saturated carbocycles. The molecular weight excluding hydrogens is 546 g/mol. The van der Waals surface area contributed by atoms with Gasteiger partial charge in [-0.15, -0.1) is 11.3 Å². The number of nitrogens with one attached hydrogen (secondary N) is 1. The summed E-state index contributed by atoms with van der Waals surface area (Å²) in [4.78, 5) is 25.0. The number of carbonyl (C=O) groups excluding carboxylic acids is 2. The molecule has 2 aromatic carbocycles. The number of benzene rings is 2. The van der Waals surface area contributed by atoms with Crippen LogP contribution in [0, 0.1) is 0 Å². The molecule has 0 aliphatic rings. The van der Waals surface area contributed by atoms with Crippen LogP contribution in [0.25, 0.3) is 10.4 Å². The lowest BCUT2D eigenvalue weighted by atomic mass is 10.1. The lowest BCUT2D eigenvalue weighted by Crippen LogP contribution is -2.23. The van der Waals surface area contributed by atoms with Crippen LogP contribution >= 0.6 is 27.3 Å². The van der Waals surface area contributed by atoms with E-state index >= 15 is 0 Å². The quantitative estimate of drug-likeness (QED) is 0.362. The van der Waals surface area contributed by atoms with Gasteiger partial charge >= 0.3 is 11.9 Å². The Morgan fingerprint density at radius 3 is 2.35 bits per heavy atom. The Morgan fingerprint density at radius 2 is 1.74 bits per heavy atom. The topological polar surface area (TPSA) is 108 Å².